The first-order valence-corrected chi connectivity index (χ1v) is 12.7. The molecule has 1 amide bonds. The van der Waals surface area contributed by atoms with Crippen LogP contribution in [0.25, 0.3) is 5.69 Å². The highest BCUT2D eigenvalue weighted by atomic mass is 79.9. The SMILES string of the molecule is O=C(CCN1C(=S)NC(c2ccccn2)C1c1cccn1-c1ccc(Br)cc1)Nc1ccccc1F. The molecule has 6 nitrogen and oxygen atoms in total. The van der Waals surface area contributed by atoms with Crippen molar-refractivity contribution in [2.24, 2.45) is 0 Å². The van der Waals surface area contributed by atoms with Crippen LogP contribution in [0.1, 0.15) is 29.9 Å². The predicted molar refractivity (Wildman–Crippen MR) is 145 cm³/mol. The standard InChI is InChI=1S/C27H23BrFN5OS/c28-18-10-12-19(13-11-18)33-16-5-9-23(33)26-25(22-8-3-4-15-30-22)32-27(36)34(26)17-14-24(35)31-21-7-2-1-6-20(21)29/h1-13,15-16,25-26H,14,17H2,(H,31,35)(H,32,36). The fourth-order valence-electron chi connectivity index (χ4n) is 4.44. The van der Waals surface area contributed by atoms with E-state index in [2.05, 4.69) is 42.2 Å². The first-order valence-electron chi connectivity index (χ1n) is 11.5. The number of para-hydroxylation sites is 1. The monoisotopic (exact) mass is 563 g/mol. The Morgan fingerprint density at radius 2 is 1.83 bits per heavy atom. The van der Waals surface area contributed by atoms with Crippen molar-refractivity contribution in [1.82, 2.24) is 19.8 Å². The molecule has 2 atom stereocenters. The van der Waals surface area contributed by atoms with Gasteiger partial charge in [-0.05, 0) is 72.9 Å². The second-order valence-corrected chi connectivity index (χ2v) is 9.68. The highest BCUT2D eigenvalue weighted by Gasteiger charge is 2.41. The quantitative estimate of drug-likeness (QED) is 0.279. The molecular formula is C27H23BrFN5OS. The van der Waals surface area contributed by atoms with Crippen molar-refractivity contribution in [3.63, 3.8) is 0 Å². The maximum atomic E-state index is 14.0. The van der Waals surface area contributed by atoms with Crippen LogP contribution in [0.2, 0.25) is 0 Å². The van der Waals surface area contributed by atoms with Gasteiger partial charge in [-0.1, -0.05) is 34.1 Å². The summed E-state index contributed by atoms with van der Waals surface area (Å²) in [6.07, 6.45) is 3.91. The summed E-state index contributed by atoms with van der Waals surface area (Å²) in [4.78, 5) is 19.3. The molecule has 1 saturated heterocycles. The molecule has 1 aliphatic rings. The van der Waals surface area contributed by atoms with Gasteiger partial charge in [-0.3, -0.25) is 9.78 Å². The summed E-state index contributed by atoms with van der Waals surface area (Å²) in [5, 5.41) is 6.61. The Kier molecular flexibility index (Phi) is 7.11. The Labute approximate surface area is 222 Å². The molecule has 0 radical (unpaired) electrons. The molecule has 0 spiro atoms. The molecule has 0 bridgehead atoms. The van der Waals surface area contributed by atoms with E-state index in [9.17, 15) is 9.18 Å². The van der Waals surface area contributed by atoms with E-state index >= 15 is 0 Å². The summed E-state index contributed by atoms with van der Waals surface area (Å²) >= 11 is 9.23. The van der Waals surface area contributed by atoms with E-state index in [1.807, 2.05) is 59.6 Å². The number of hydrogen-bond acceptors (Lipinski definition) is 3. The number of thiocarbonyl (C=S) groups is 1. The molecule has 182 valence electrons. The number of aromatic nitrogens is 2. The van der Waals surface area contributed by atoms with Crippen molar-refractivity contribution in [2.75, 3.05) is 11.9 Å². The van der Waals surface area contributed by atoms with Gasteiger partial charge in [-0.25, -0.2) is 4.39 Å². The van der Waals surface area contributed by atoms with Crippen LogP contribution in [0.4, 0.5) is 10.1 Å². The van der Waals surface area contributed by atoms with Gasteiger partial charge >= 0.3 is 0 Å². The molecule has 2 unspecified atom stereocenters. The number of pyridine rings is 1. The van der Waals surface area contributed by atoms with E-state index in [-0.39, 0.29) is 30.1 Å². The van der Waals surface area contributed by atoms with Crippen LogP contribution in [-0.2, 0) is 4.79 Å². The van der Waals surface area contributed by atoms with E-state index in [0.29, 0.717) is 11.7 Å². The van der Waals surface area contributed by atoms with Gasteiger partial charge in [-0.15, -0.1) is 0 Å². The third-order valence-electron chi connectivity index (χ3n) is 6.11. The third-order valence-corrected chi connectivity index (χ3v) is 6.99. The molecule has 36 heavy (non-hydrogen) atoms. The van der Waals surface area contributed by atoms with E-state index in [4.69, 9.17) is 12.2 Å². The fraction of sp³-hybridized carbons (Fsp3) is 0.148. The van der Waals surface area contributed by atoms with E-state index in [1.54, 1.807) is 24.4 Å². The minimum absolute atomic E-state index is 0.139. The number of hydrogen-bond donors (Lipinski definition) is 2. The van der Waals surface area contributed by atoms with E-state index in [0.717, 1.165) is 21.5 Å². The molecule has 2 aromatic heterocycles. The molecule has 9 heteroatoms. The average molecular weight is 564 g/mol. The lowest BCUT2D eigenvalue weighted by molar-refractivity contribution is -0.116. The van der Waals surface area contributed by atoms with Crippen LogP contribution < -0.4 is 10.6 Å². The molecule has 0 aliphatic carbocycles. The zero-order chi connectivity index (χ0) is 25.1. The number of carbonyl (C=O) groups excluding carboxylic acids is 1. The summed E-state index contributed by atoms with van der Waals surface area (Å²) in [5.41, 5.74) is 3.03. The molecule has 0 saturated carbocycles. The maximum Gasteiger partial charge on any atom is 0.226 e. The van der Waals surface area contributed by atoms with Gasteiger partial charge < -0.3 is 20.1 Å². The lowest BCUT2D eigenvalue weighted by Gasteiger charge is -2.29. The number of carbonyl (C=O) groups is 1. The number of amides is 1. The second-order valence-electron chi connectivity index (χ2n) is 8.38. The van der Waals surface area contributed by atoms with Crippen LogP contribution in [0, 0.1) is 5.82 Å². The van der Waals surface area contributed by atoms with E-state index in [1.165, 1.54) is 6.07 Å². The van der Waals surface area contributed by atoms with Crippen molar-refractivity contribution < 1.29 is 9.18 Å². The Morgan fingerprint density at radius 3 is 2.58 bits per heavy atom. The van der Waals surface area contributed by atoms with Crippen LogP contribution in [-0.4, -0.2) is 32.0 Å². The first-order chi connectivity index (χ1) is 17.5. The Morgan fingerprint density at radius 1 is 1.06 bits per heavy atom. The summed E-state index contributed by atoms with van der Waals surface area (Å²) in [6.45, 7) is 0.353. The largest absolute Gasteiger partial charge is 0.352 e. The smallest absolute Gasteiger partial charge is 0.226 e. The van der Waals surface area contributed by atoms with Crippen LogP contribution in [0.15, 0.2) is 95.7 Å². The van der Waals surface area contributed by atoms with Crippen molar-refractivity contribution in [2.45, 2.75) is 18.5 Å². The summed E-state index contributed by atoms with van der Waals surface area (Å²) in [6, 6.07) is 23.6. The maximum absolute atomic E-state index is 14.0. The van der Waals surface area contributed by atoms with Gasteiger partial charge in [0.15, 0.2) is 5.11 Å². The molecular weight excluding hydrogens is 541 g/mol. The molecule has 3 heterocycles. The topological polar surface area (TPSA) is 62.2 Å². The zero-order valence-corrected chi connectivity index (χ0v) is 21.5. The van der Waals surface area contributed by atoms with Crippen LogP contribution in [0.5, 0.6) is 0 Å². The number of nitrogens with zero attached hydrogens (tertiary/aromatic N) is 3. The van der Waals surface area contributed by atoms with Gasteiger partial charge in [0.25, 0.3) is 0 Å². The number of nitrogens with one attached hydrogen (secondary N) is 2. The molecule has 2 aromatic carbocycles. The second kappa shape index (κ2) is 10.6. The van der Waals surface area contributed by atoms with Crippen molar-refractivity contribution in [1.29, 1.82) is 0 Å². The minimum atomic E-state index is -0.468. The highest BCUT2D eigenvalue weighted by molar-refractivity contribution is 9.10. The van der Waals surface area contributed by atoms with Crippen LogP contribution >= 0.6 is 28.1 Å². The number of rotatable bonds is 7. The lowest BCUT2D eigenvalue weighted by atomic mass is 10.0. The first kappa shape index (κ1) is 24.1. The number of halogens is 2. The average Bonchev–Trinajstić information content (AvgIpc) is 3.49. The zero-order valence-electron chi connectivity index (χ0n) is 19.1. The Hall–Kier alpha value is -3.56. The molecule has 5 rings (SSSR count). The van der Waals surface area contributed by atoms with Gasteiger partial charge in [0.05, 0.1) is 23.5 Å². The van der Waals surface area contributed by atoms with Gasteiger partial charge in [0.2, 0.25) is 5.91 Å². The highest BCUT2D eigenvalue weighted by Crippen LogP contribution is 2.39. The Balaban J connectivity index is 1.44. The molecule has 1 aliphatic heterocycles. The third kappa shape index (κ3) is 5.03. The lowest BCUT2D eigenvalue weighted by Crippen LogP contribution is -2.33. The fourth-order valence-corrected chi connectivity index (χ4v) is 5.03. The Bertz CT molecular complexity index is 1380. The van der Waals surface area contributed by atoms with Gasteiger partial charge in [-0.2, -0.15) is 0 Å². The van der Waals surface area contributed by atoms with Crippen molar-refractivity contribution in [3.05, 3.63) is 113 Å². The van der Waals surface area contributed by atoms with Gasteiger partial charge in [0.1, 0.15) is 5.82 Å². The van der Waals surface area contributed by atoms with Gasteiger partial charge in [0, 0.05) is 41.2 Å². The van der Waals surface area contributed by atoms with E-state index < -0.39 is 5.82 Å². The molecule has 4 aromatic rings. The number of benzene rings is 2. The van der Waals surface area contributed by atoms with Crippen molar-refractivity contribution in [3.8, 4) is 5.69 Å². The minimum Gasteiger partial charge on any atom is -0.352 e. The molecule has 1 fully saturated rings. The normalized spacial score (nSPS) is 17.2. The summed E-state index contributed by atoms with van der Waals surface area (Å²) in [5.74, 6) is -0.754. The van der Waals surface area contributed by atoms with Crippen LogP contribution in [0.3, 0.4) is 0 Å². The number of anilines is 1. The predicted octanol–water partition coefficient (Wildman–Crippen LogP) is 5.78. The van der Waals surface area contributed by atoms with Crippen molar-refractivity contribution >= 4 is 44.9 Å². The molecule has 2 N–H and O–H groups in total. The summed E-state index contributed by atoms with van der Waals surface area (Å²) < 4.78 is 17.1. The summed E-state index contributed by atoms with van der Waals surface area (Å²) in [7, 11) is 0.